The lowest BCUT2D eigenvalue weighted by atomic mass is 9.82. The van der Waals surface area contributed by atoms with Crippen LogP contribution in [0, 0.1) is 5.41 Å². The SMILES string of the molecule is CN(Cc1ncn[nH]1)C(=O)CC1(C(=O)O)CCCC1. The van der Waals surface area contributed by atoms with Crippen molar-refractivity contribution in [2.45, 2.75) is 38.6 Å². The van der Waals surface area contributed by atoms with Crippen molar-refractivity contribution in [3.8, 4) is 0 Å². The van der Waals surface area contributed by atoms with E-state index in [-0.39, 0.29) is 12.3 Å². The number of rotatable bonds is 5. The molecule has 1 aromatic heterocycles. The summed E-state index contributed by atoms with van der Waals surface area (Å²) in [6, 6.07) is 0. The number of aromatic amines is 1. The Labute approximate surface area is 111 Å². The van der Waals surface area contributed by atoms with E-state index in [4.69, 9.17) is 0 Å². The van der Waals surface area contributed by atoms with Gasteiger partial charge in [0.1, 0.15) is 12.2 Å². The lowest BCUT2D eigenvalue weighted by Crippen LogP contribution is -2.36. The van der Waals surface area contributed by atoms with E-state index in [0.29, 0.717) is 25.2 Å². The number of hydrogen-bond donors (Lipinski definition) is 2. The van der Waals surface area contributed by atoms with E-state index >= 15 is 0 Å². The lowest BCUT2D eigenvalue weighted by Gasteiger charge is -2.25. The minimum atomic E-state index is -0.868. The van der Waals surface area contributed by atoms with Crippen molar-refractivity contribution in [2.24, 2.45) is 5.41 Å². The third-order valence-electron chi connectivity index (χ3n) is 3.78. The van der Waals surface area contributed by atoms with E-state index in [1.807, 2.05) is 0 Å². The van der Waals surface area contributed by atoms with Crippen LogP contribution in [-0.4, -0.2) is 44.1 Å². The lowest BCUT2D eigenvalue weighted by molar-refractivity contribution is -0.153. The molecule has 0 radical (unpaired) electrons. The van der Waals surface area contributed by atoms with Crippen LogP contribution in [0.1, 0.15) is 37.9 Å². The molecular weight excluding hydrogens is 248 g/mol. The van der Waals surface area contributed by atoms with Crippen LogP contribution in [0.4, 0.5) is 0 Å². The molecule has 1 aromatic rings. The zero-order valence-electron chi connectivity index (χ0n) is 10.9. The van der Waals surface area contributed by atoms with Crippen LogP contribution < -0.4 is 0 Å². The summed E-state index contributed by atoms with van der Waals surface area (Å²) in [5.41, 5.74) is -0.868. The maximum atomic E-state index is 12.1. The van der Waals surface area contributed by atoms with Gasteiger partial charge in [0.25, 0.3) is 0 Å². The third kappa shape index (κ3) is 2.91. The third-order valence-corrected chi connectivity index (χ3v) is 3.78. The predicted molar refractivity (Wildman–Crippen MR) is 66.0 cm³/mol. The molecule has 0 unspecified atom stereocenters. The van der Waals surface area contributed by atoms with E-state index < -0.39 is 11.4 Å². The zero-order chi connectivity index (χ0) is 13.9. The van der Waals surface area contributed by atoms with Gasteiger partial charge in [0.15, 0.2) is 0 Å². The second-order valence-corrected chi connectivity index (χ2v) is 5.15. The number of nitrogens with zero attached hydrogens (tertiary/aromatic N) is 3. The van der Waals surface area contributed by atoms with Crippen molar-refractivity contribution in [1.82, 2.24) is 20.1 Å². The van der Waals surface area contributed by atoms with E-state index in [1.54, 1.807) is 7.05 Å². The Morgan fingerprint density at radius 1 is 1.47 bits per heavy atom. The summed E-state index contributed by atoms with van der Waals surface area (Å²) in [6.07, 6.45) is 4.38. The summed E-state index contributed by atoms with van der Waals surface area (Å²) in [5.74, 6) is -0.432. The van der Waals surface area contributed by atoms with E-state index in [2.05, 4.69) is 15.2 Å². The highest BCUT2D eigenvalue weighted by Crippen LogP contribution is 2.41. The van der Waals surface area contributed by atoms with Gasteiger partial charge in [0.2, 0.25) is 5.91 Å². The molecule has 1 aliphatic rings. The van der Waals surface area contributed by atoms with E-state index in [1.165, 1.54) is 11.2 Å². The number of carbonyl (C=O) groups is 2. The van der Waals surface area contributed by atoms with Crippen molar-refractivity contribution in [2.75, 3.05) is 7.05 Å². The second kappa shape index (κ2) is 5.38. The van der Waals surface area contributed by atoms with Gasteiger partial charge in [-0.15, -0.1) is 0 Å². The number of amides is 1. The molecule has 0 atom stereocenters. The standard InChI is InChI=1S/C12H18N4O3/c1-16(7-9-13-8-14-15-9)10(17)6-12(11(18)19)4-2-3-5-12/h8H,2-7H2,1H3,(H,18,19)(H,13,14,15). The molecule has 0 spiro atoms. The Morgan fingerprint density at radius 2 is 2.16 bits per heavy atom. The Hall–Kier alpha value is -1.92. The van der Waals surface area contributed by atoms with E-state index in [0.717, 1.165) is 12.8 Å². The molecule has 0 aromatic carbocycles. The summed E-state index contributed by atoms with van der Waals surface area (Å²) in [7, 11) is 1.65. The van der Waals surface area contributed by atoms with Gasteiger partial charge in [-0.3, -0.25) is 14.7 Å². The summed E-state index contributed by atoms with van der Waals surface area (Å²) >= 11 is 0. The fourth-order valence-corrected chi connectivity index (χ4v) is 2.56. The highest BCUT2D eigenvalue weighted by molar-refractivity contribution is 5.85. The highest BCUT2D eigenvalue weighted by atomic mass is 16.4. The highest BCUT2D eigenvalue weighted by Gasteiger charge is 2.43. The summed E-state index contributed by atoms with van der Waals surface area (Å²) in [6.45, 7) is 0.314. The van der Waals surface area contributed by atoms with Crippen molar-refractivity contribution in [1.29, 1.82) is 0 Å². The zero-order valence-corrected chi connectivity index (χ0v) is 10.9. The van der Waals surface area contributed by atoms with Gasteiger partial charge in [-0.2, -0.15) is 5.10 Å². The maximum Gasteiger partial charge on any atom is 0.310 e. The van der Waals surface area contributed by atoms with Crippen molar-refractivity contribution in [3.63, 3.8) is 0 Å². The topological polar surface area (TPSA) is 99.2 Å². The second-order valence-electron chi connectivity index (χ2n) is 5.15. The monoisotopic (exact) mass is 266 g/mol. The molecule has 0 aliphatic heterocycles. The smallest absolute Gasteiger partial charge is 0.310 e. The van der Waals surface area contributed by atoms with Crippen LogP contribution in [0.2, 0.25) is 0 Å². The summed E-state index contributed by atoms with van der Waals surface area (Å²) < 4.78 is 0. The van der Waals surface area contributed by atoms with Crippen LogP contribution in [-0.2, 0) is 16.1 Å². The van der Waals surface area contributed by atoms with Crippen molar-refractivity contribution >= 4 is 11.9 Å². The molecule has 19 heavy (non-hydrogen) atoms. The molecule has 2 N–H and O–H groups in total. The minimum Gasteiger partial charge on any atom is -0.481 e. The Bertz CT molecular complexity index is 452. The van der Waals surface area contributed by atoms with Crippen molar-refractivity contribution in [3.05, 3.63) is 12.2 Å². The first-order valence-electron chi connectivity index (χ1n) is 6.35. The molecular formula is C12H18N4O3. The molecule has 1 fully saturated rings. The fourth-order valence-electron chi connectivity index (χ4n) is 2.56. The van der Waals surface area contributed by atoms with Gasteiger partial charge < -0.3 is 10.0 Å². The summed E-state index contributed by atoms with van der Waals surface area (Å²) in [4.78, 5) is 29.0. The molecule has 0 bridgehead atoms. The number of carbonyl (C=O) groups excluding carboxylic acids is 1. The van der Waals surface area contributed by atoms with Crippen molar-refractivity contribution < 1.29 is 14.7 Å². The molecule has 104 valence electrons. The molecule has 2 rings (SSSR count). The van der Waals surface area contributed by atoms with Crippen LogP contribution in [0.15, 0.2) is 6.33 Å². The fraction of sp³-hybridized carbons (Fsp3) is 0.667. The first-order valence-corrected chi connectivity index (χ1v) is 6.35. The number of hydrogen-bond acceptors (Lipinski definition) is 4. The molecule has 0 saturated heterocycles. The Kier molecular flexibility index (Phi) is 3.82. The molecule has 7 nitrogen and oxygen atoms in total. The first kappa shape index (κ1) is 13.5. The minimum absolute atomic E-state index is 0.0625. The Morgan fingerprint density at radius 3 is 2.68 bits per heavy atom. The van der Waals surface area contributed by atoms with Crippen LogP contribution in [0.25, 0.3) is 0 Å². The molecule has 1 amide bonds. The largest absolute Gasteiger partial charge is 0.481 e. The van der Waals surface area contributed by atoms with Gasteiger partial charge in [-0.05, 0) is 12.8 Å². The van der Waals surface area contributed by atoms with Gasteiger partial charge >= 0.3 is 5.97 Å². The number of carboxylic acid groups (broad SMARTS) is 1. The molecule has 1 saturated carbocycles. The normalized spacial score (nSPS) is 17.3. The predicted octanol–water partition coefficient (Wildman–Crippen LogP) is 0.798. The molecule has 1 heterocycles. The number of aliphatic carboxylic acids is 1. The maximum absolute atomic E-state index is 12.1. The van der Waals surface area contributed by atoms with Gasteiger partial charge in [-0.25, -0.2) is 4.98 Å². The average molecular weight is 266 g/mol. The first-order chi connectivity index (χ1) is 9.03. The quantitative estimate of drug-likeness (QED) is 0.821. The van der Waals surface area contributed by atoms with Gasteiger partial charge in [0, 0.05) is 13.5 Å². The molecule has 7 heteroatoms. The number of nitrogens with one attached hydrogen (secondary N) is 1. The molecule has 1 aliphatic carbocycles. The van der Waals surface area contributed by atoms with Gasteiger partial charge in [0.05, 0.1) is 12.0 Å². The van der Waals surface area contributed by atoms with Crippen LogP contribution in [0.3, 0.4) is 0 Å². The Balaban J connectivity index is 1.97. The average Bonchev–Trinajstić information content (AvgIpc) is 3.00. The number of H-pyrrole nitrogens is 1. The van der Waals surface area contributed by atoms with Crippen LogP contribution in [0.5, 0.6) is 0 Å². The number of aromatic nitrogens is 3. The van der Waals surface area contributed by atoms with E-state index in [9.17, 15) is 14.7 Å². The van der Waals surface area contributed by atoms with Crippen LogP contribution >= 0.6 is 0 Å². The van der Waals surface area contributed by atoms with Gasteiger partial charge in [-0.1, -0.05) is 12.8 Å². The summed E-state index contributed by atoms with van der Waals surface area (Å²) in [5, 5.41) is 15.7. The number of carboxylic acids is 1.